The van der Waals surface area contributed by atoms with Crippen LogP contribution in [0.25, 0.3) is 87.6 Å². The van der Waals surface area contributed by atoms with Gasteiger partial charge in [0, 0.05) is 21.8 Å². The smallest absolute Gasteiger partial charge is 0.140 e. The molecule has 0 N–H and O–H groups in total. The summed E-state index contributed by atoms with van der Waals surface area (Å²) in [4.78, 5) is 0. The molecule has 1 nitrogen and oxygen atoms in total. The highest BCUT2D eigenvalue weighted by atomic mass is 16.3. The van der Waals surface area contributed by atoms with Crippen molar-refractivity contribution in [3.8, 4) is 33.4 Å². The highest BCUT2D eigenvalue weighted by Gasteiger charge is 2.39. The van der Waals surface area contributed by atoms with Gasteiger partial charge in [-0.05, 0) is 83.4 Å². The molecular weight excluding hydrogens is 532 g/mol. The van der Waals surface area contributed by atoms with Crippen molar-refractivity contribution in [3.05, 3.63) is 144 Å². The van der Waals surface area contributed by atoms with Gasteiger partial charge in [-0.15, -0.1) is 0 Å². The number of hydrogen-bond donors (Lipinski definition) is 0. The molecule has 0 aliphatic heterocycles. The third-order valence-corrected chi connectivity index (χ3v) is 9.89. The van der Waals surface area contributed by atoms with E-state index in [1.165, 1.54) is 22.3 Å². The second kappa shape index (κ2) is 8.36. The predicted molar refractivity (Wildman–Crippen MR) is 186 cm³/mol. The Hall–Kier alpha value is -5.40. The quantitative estimate of drug-likeness (QED) is 0.190. The van der Waals surface area contributed by atoms with E-state index in [0.29, 0.717) is 5.56 Å². The Bertz CT molecular complexity index is 2890. The van der Waals surface area contributed by atoms with Crippen molar-refractivity contribution in [1.29, 1.82) is 0 Å². The van der Waals surface area contributed by atoms with E-state index >= 15 is 0 Å². The summed E-state index contributed by atoms with van der Waals surface area (Å²) in [5, 5.41) is 8.34. The summed E-state index contributed by atoms with van der Waals surface area (Å²) in [5.41, 5.74) is 9.52. The fraction of sp³-hybridized carbons (Fsp3) is 0.0698. The van der Waals surface area contributed by atoms with Gasteiger partial charge < -0.3 is 4.42 Å². The maximum absolute atomic E-state index is 8.74. The van der Waals surface area contributed by atoms with Gasteiger partial charge in [0.15, 0.2) is 0 Å². The number of fused-ring (bicyclic) bond motifs is 7. The molecular formula is C43H28O. The van der Waals surface area contributed by atoms with Crippen LogP contribution in [0, 0.1) is 0 Å². The zero-order chi connectivity index (χ0) is 33.5. The van der Waals surface area contributed by atoms with E-state index in [2.05, 4.69) is 86.6 Å². The van der Waals surface area contributed by atoms with E-state index in [1.54, 1.807) is 0 Å². The van der Waals surface area contributed by atoms with Gasteiger partial charge in [-0.25, -0.2) is 0 Å². The van der Waals surface area contributed by atoms with Gasteiger partial charge in [0.25, 0.3) is 0 Å². The highest BCUT2D eigenvalue weighted by molar-refractivity contribution is 6.29. The minimum Gasteiger partial charge on any atom is -0.456 e. The lowest BCUT2D eigenvalue weighted by molar-refractivity contribution is 0.620. The van der Waals surface area contributed by atoms with Crippen LogP contribution in [0.15, 0.2) is 138 Å². The molecule has 8 aromatic carbocycles. The molecule has 0 radical (unpaired) electrons. The monoisotopic (exact) mass is 565 g/mol. The van der Waals surface area contributed by atoms with Crippen LogP contribution in [0.4, 0.5) is 0 Å². The summed E-state index contributed by atoms with van der Waals surface area (Å²) in [6, 6.07) is 34.6. The first kappa shape index (κ1) is 19.7. The van der Waals surface area contributed by atoms with Gasteiger partial charge in [-0.3, -0.25) is 0 Å². The Morgan fingerprint density at radius 1 is 0.545 bits per heavy atom. The second-order valence-electron chi connectivity index (χ2n) is 12.5. The molecule has 1 heteroatoms. The van der Waals surface area contributed by atoms with Crippen molar-refractivity contribution in [2.45, 2.75) is 19.3 Å². The minimum atomic E-state index is -0.389. The predicted octanol–water partition coefficient (Wildman–Crippen LogP) is 12.1. The van der Waals surface area contributed by atoms with Crippen LogP contribution in [0.2, 0.25) is 0 Å². The molecule has 206 valence electrons. The number of rotatable bonds is 2. The van der Waals surface area contributed by atoms with Gasteiger partial charge >= 0.3 is 0 Å². The lowest BCUT2D eigenvalue weighted by Gasteiger charge is -2.22. The lowest BCUT2D eigenvalue weighted by Crippen LogP contribution is -2.15. The Morgan fingerprint density at radius 2 is 1.20 bits per heavy atom. The van der Waals surface area contributed by atoms with Crippen molar-refractivity contribution >= 4 is 54.3 Å². The summed E-state index contributed by atoms with van der Waals surface area (Å²) in [6.07, 6.45) is 0. The molecule has 0 saturated carbocycles. The maximum atomic E-state index is 8.74. The lowest BCUT2D eigenvalue weighted by atomic mass is 9.80. The minimum absolute atomic E-state index is 0.197. The fourth-order valence-corrected chi connectivity index (χ4v) is 7.98. The highest BCUT2D eigenvalue weighted by Crippen LogP contribution is 2.55. The van der Waals surface area contributed by atoms with E-state index in [0.717, 1.165) is 65.4 Å². The van der Waals surface area contributed by atoms with E-state index in [4.69, 9.17) is 11.3 Å². The summed E-state index contributed by atoms with van der Waals surface area (Å²) in [6.45, 7) is 4.57. The van der Waals surface area contributed by atoms with E-state index < -0.39 is 0 Å². The van der Waals surface area contributed by atoms with E-state index in [-0.39, 0.29) is 41.2 Å². The molecule has 10 rings (SSSR count). The van der Waals surface area contributed by atoms with Gasteiger partial charge in [-0.2, -0.15) is 0 Å². The zero-order valence-electron chi connectivity index (χ0n) is 29.2. The number of benzene rings is 8. The number of hydrogen-bond acceptors (Lipinski definition) is 1. The summed E-state index contributed by atoms with van der Waals surface area (Å²) in [5.74, 6) is 0. The Balaban J connectivity index is 1.33. The third kappa shape index (κ3) is 2.99. The Labute approximate surface area is 262 Å². The summed E-state index contributed by atoms with van der Waals surface area (Å²) >= 11 is 0. The largest absolute Gasteiger partial charge is 0.456 e. The number of para-hydroxylation sites is 1. The fourth-order valence-electron chi connectivity index (χ4n) is 7.98. The molecule has 44 heavy (non-hydrogen) atoms. The van der Waals surface area contributed by atoms with E-state index in [1.807, 2.05) is 30.3 Å². The van der Waals surface area contributed by atoms with Crippen LogP contribution in [-0.4, -0.2) is 0 Å². The van der Waals surface area contributed by atoms with Crippen LogP contribution in [0.3, 0.4) is 0 Å². The van der Waals surface area contributed by atoms with Crippen LogP contribution in [0.1, 0.15) is 31.8 Å². The molecule has 0 atom stereocenters. The van der Waals surface area contributed by atoms with Crippen molar-refractivity contribution in [1.82, 2.24) is 0 Å². The summed E-state index contributed by atoms with van der Waals surface area (Å²) < 4.78 is 49.1. The first-order valence-electron chi connectivity index (χ1n) is 17.5. The van der Waals surface area contributed by atoms with Crippen LogP contribution in [0.5, 0.6) is 0 Å². The number of furan rings is 1. The molecule has 0 saturated heterocycles. The van der Waals surface area contributed by atoms with Crippen molar-refractivity contribution in [3.63, 3.8) is 0 Å². The molecule has 1 aromatic heterocycles. The van der Waals surface area contributed by atoms with Crippen LogP contribution in [-0.2, 0) is 5.41 Å². The topological polar surface area (TPSA) is 13.1 Å². The molecule has 9 aromatic rings. The molecule has 0 spiro atoms. The van der Waals surface area contributed by atoms with Crippen LogP contribution < -0.4 is 0 Å². The van der Waals surface area contributed by atoms with Gasteiger partial charge in [-0.1, -0.05) is 135 Å². The molecule has 0 amide bonds. The standard InChI is InChI=1S/C43H28O/c1-43(2)36-14-8-6-12-30(36)35-24-34(40-33-13-7-9-15-37(33)44-42(40)41(35)43)29-21-17-27-18-22-31-28(25-10-4-3-5-11-25)20-16-26-19-23-32(29)39(27)38(26)31/h3-24H,1-2H3/i3D,4D,5D,10D,11D. The molecule has 0 fully saturated rings. The van der Waals surface area contributed by atoms with Gasteiger partial charge in [0.05, 0.1) is 6.85 Å². The SMILES string of the molecule is [2H]c1c([2H])c([2H])c(-c2ccc3ccc4c(-c5cc6c(c7oc8ccccc8c57)C(C)(C)c5ccccc5-6)ccc5ccc2c3c54)c([2H])c1[2H]. The van der Waals surface area contributed by atoms with Crippen molar-refractivity contribution in [2.75, 3.05) is 0 Å². The van der Waals surface area contributed by atoms with Gasteiger partial charge in [0.2, 0.25) is 0 Å². The Morgan fingerprint density at radius 3 is 2.00 bits per heavy atom. The first-order chi connectivity index (χ1) is 23.7. The average molecular weight is 566 g/mol. The van der Waals surface area contributed by atoms with Crippen molar-refractivity contribution in [2.24, 2.45) is 0 Å². The van der Waals surface area contributed by atoms with E-state index in [9.17, 15) is 0 Å². The Kier molecular flexibility index (Phi) is 3.75. The zero-order valence-corrected chi connectivity index (χ0v) is 24.2. The molecule has 1 heterocycles. The maximum Gasteiger partial charge on any atom is 0.140 e. The molecule has 0 bridgehead atoms. The van der Waals surface area contributed by atoms with Gasteiger partial charge in [0.1, 0.15) is 11.2 Å². The summed E-state index contributed by atoms with van der Waals surface area (Å²) in [7, 11) is 0. The van der Waals surface area contributed by atoms with Crippen LogP contribution >= 0.6 is 0 Å². The average Bonchev–Trinajstić information content (AvgIpc) is 3.61. The third-order valence-electron chi connectivity index (χ3n) is 9.89. The second-order valence-corrected chi connectivity index (χ2v) is 12.5. The normalized spacial score (nSPS) is 15.5. The molecule has 0 unspecified atom stereocenters. The first-order valence-corrected chi connectivity index (χ1v) is 15.0. The van der Waals surface area contributed by atoms with Crippen molar-refractivity contribution < 1.29 is 11.3 Å². The molecule has 1 aliphatic rings. The molecule has 1 aliphatic carbocycles.